The number of hydrogen-bond acceptors (Lipinski definition) is 5. The number of thiol groups is 1. The van der Waals surface area contributed by atoms with E-state index in [1.807, 2.05) is 0 Å². The Bertz CT molecular complexity index is 239. The number of nitrogens with zero attached hydrogens (tertiary/aromatic N) is 1. The molecule has 1 N–H and O–H groups in total. The number of hydroxylamine groups is 2. The van der Waals surface area contributed by atoms with Gasteiger partial charge < -0.3 is 4.84 Å². The summed E-state index contributed by atoms with van der Waals surface area (Å²) in [5.41, 5.74) is 0. The molecule has 0 aromatic carbocycles. The van der Waals surface area contributed by atoms with E-state index in [2.05, 4.69) is 0 Å². The van der Waals surface area contributed by atoms with Crippen LogP contribution < -0.4 is 4.72 Å². The van der Waals surface area contributed by atoms with E-state index in [1.165, 1.54) is 5.06 Å². The van der Waals surface area contributed by atoms with Crippen LogP contribution in [0.4, 0.5) is 4.79 Å². The van der Waals surface area contributed by atoms with Gasteiger partial charge in [0.1, 0.15) is 0 Å². The van der Waals surface area contributed by atoms with Gasteiger partial charge in [0.15, 0.2) is 0 Å². The van der Waals surface area contributed by atoms with Crippen LogP contribution in [0.15, 0.2) is 0 Å². The highest BCUT2D eigenvalue weighted by Gasteiger charge is 2.14. The molecular formula is C6H12N2O4S. The van der Waals surface area contributed by atoms with Crippen molar-refractivity contribution in [3.63, 3.8) is 0 Å². The predicted molar refractivity (Wildman–Crippen MR) is 45.4 cm³/mol. The van der Waals surface area contributed by atoms with Gasteiger partial charge in [0.2, 0.25) is 10.9 Å². The van der Waals surface area contributed by atoms with Crippen molar-refractivity contribution in [2.45, 2.75) is 19.3 Å². The van der Waals surface area contributed by atoms with E-state index in [0.29, 0.717) is 13.1 Å². The number of carbonyl (C=O) groups excluding carboxylic acids is 1. The molecule has 0 spiro atoms. The van der Waals surface area contributed by atoms with Gasteiger partial charge in [0, 0.05) is 13.1 Å². The molecule has 0 aliphatic carbocycles. The van der Waals surface area contributed by atoms with E-state index < -0.39 is 17.0 Å². The molecule has 1 aliphatic heterocycles. The van der Waals surface area contributed by atoms with E-state index in [0.717, 1.165) is 19.3 Å². The molecule has 0 bridgehead atoms. The topological polar surface area (TPSA) is 75.7 Å². The molecule has 7 heteroatoms. The molecule has 13 heavy (non-hydrogen) atoms. The normalized spacial score (nSPS) is 18.5. The Labute approximate surface area is 77.9 Å². The van der Waals surface area contributed by atoms with Crippen LogP contribution in [0.25, 0.3) is 0 Å². The van der Waals surface area contributed by atoms with Crippen molar-refractivity contribution >= 4 is 17.0 Å². The van der Waals surface area contributed by atoms with Gasteiger partial charge in [-0.2, -0.15) is 0 Å². The fourth-order valence-electron chi connectivity index (χ4n) is 1.17. The number of amides is 1. The summed E-state index contributed by atoms with van der Waals surface area (Å²) in [5.74, 6) is 0. The summed E-state index contributed by atoms with van der Waals surface area (Å²) >= 11 is 0. The molecule has 0 radical (unpaired) electrons. The second-order valence-corrected chi connectivity index (χ2v) is 3.48. The first-order valence-corrected chi connectivity index (χ1v) is 5.24. The van der Waals surface area contributed by atoms with Crippen LogP contribution >= 0.6 is 0 Å². The Morgan fingerprint density at radius 1 is 1.23 bits per heavy atom. The van der Waals surface area contributed by atoms with Crippen LogP contribution in [0.3, 0.4) is 0 Å². The minimum absolute atomic E-state index is 0.670. The van der Waals surface area contributed by atoms with Gasteiger partial charge >= 0.3 is 6.09 Å². The Balaban J connectivity index is 2.26. The van der Waals surface area contributed by atoms with Crippen LogP contribution in [0, 0.1) is 0 Å². The first kappa shape index (κ1) is 10.3. The number of piperidine rings is 1. The van der Waals surface area contributed by atoms with E-state index in [4.69, 9.17) is 4.84 Å². The number of hydrogen-bond donors (Lipinski definition) is 2. The van der Waals surface area contributed by atoms with Crippen molar-refractivity contribution in [1.29, 1.82) is 0 Å². The van der Waals surface area contributed by atoms with Crippen molar-refractivity contribution in [2.75, 3.05) is 13.1 Å². The van der Waals surface area contributed by atoms with Crippen molar-refractivity contribution in [1.82, 2.24) is 9.79 Å². The average molecular weight is 208 g/mol. The third-order valence-corrected chi connectivity index (χ3v) is 2.07. The standard InChI is InChI=1S/C6H12N2O4S/c9-6(7-13(10)11)12-8-4-2-1-3-5-8/h13H,1-5H2,(H,7,9,10,11). The van der Waals surface area contributed by atoms with Crippen LogP contribution in [-0.4, -0.2) is 32.7 Å². The maximum atomic E-state index is 10.8. The third kappa shape index (κ3) is 4.09. The highest BCUT2D eigenvalue weighted by molar-refractivity contribution is 7.70. The molecule has 0 aromatic heterocycles. The molecule has 0 aromatic rings. The minimum atomic E-state index is -2.92. The fraction of sp³-hybridized carbons (Fsp3) is 0.833. The lowest BCUT2D eigenvalue weighted by Gasteiger charge is -2.24. The van der Waals surface area contributed by atoms with E-state index in [1.54, 1.807) is 4.72 Å². The van der Waals surface area contributed by atoms with Crippen molar-refractivity contribution < 1.29 is 18.0 Å². The molecular weight excluding hydrogens is 196 g/mol. The fourth-order valence-corrected chi connectivity index (χ4v) is 1.36. The minimum Gasteiger partial charge on any atom is -0.350 e. The summed E-state index contributed by atoms with van der Waals surface area (Å²) in [7, 11) is -2.92. The van der Waals surface area contributed by atoms with Gasteiger partial charge in [0.05, 0.1) is 0 Å². The van der Waals surface area contributed by atoms with Crippen molar-refractivity contribution in [3.05, 3.63) is 0 Å². The highest BCUT2D eigenvalue weighted by atomic mass is 32.2. The molecule has 1 heterocycles. The summed E-state index contributed by atoms with van der Waals surface area (Å²) in [5, 5.41) is 1.47. The quantitative estimate of drug-likeness (QED) is 0.606. The lowest BCUT2D eigenvalue weighted by atomic mass is 10.2. The molecule has 0 atom stereocenters. The second kappa shape index (κ2) is 5.03. The van der Waals surface area contributed by atoms with Crippen molar-refractivity contribution in [2.24, 2.45) is 0 Å². The summed E-state index contributed by atoms with van der Waals surface area (Å²) in [4.78, 5) is 15.5. The maximum absolute atomic E-state index is 10.8. The van der Waals surface area contributed by atoms with Gasteiger partial charge in [0.25, 0.3) is 0 Å². The molecule has 6 nitrogen and oxygen atoms in total. The van der Waals surface area contributed by atoms with Crippen LogP contribution in [-0.2, 0) is 15.7 Å². The van der Waals surface area contributed by atoms with Crippen LogP contribution in [0.2, 0.25) is 0 Å². The summed E-state index contributed by atoms with van der Waals surface area (Å²) in [6.07, 6.45) is 2.13. The highest BCUT2D eigenvalue weighted by Crippen LogP contribution is 2.08. The molecule has 0 saturated carbocycles. The van der Waals surface area contributed by atoms with Gasteiger partial charge in [-0.25, -0.2) is 17.9 Å². The first-order valence-electron chi connectivity index (χ1n) is 4.06. The molecule has 1 fully saturated rings. The Morgan fingerprint density at radius 2 is 1.85 bits per heavy atom. The molecule has 76 valence electrons. The van der Waals surface area contributed by atoms with Crippen LogP contribution in [0.5, 0.6) is 0 Å². The zero-order chi connectivity index (χ0) is 9.68. The lowest BCUT2D eigenvalue weighted by Crippen LogP contribution is -2.36. The molecule has 1 amide bonds. The Kier molecular flexibility index (Phi) is 3.97. The number of nitrogens with one attached hydrogen (secondary N) is 1. The zero-order valence-electron chi connectivity index (χ0n) is 7.06. The van der Waals surface area contributed by atoms with Crippen LogP contribution in [0.1, 0.15) is 19.3 Å². The summed E-state index contributed by atoms with van der Waals surface area (Å²) < 4.78 is 21.8. The molecule has 1 aliphatic rings. The van der Waals surface area contributed by atoms with Gasteiger partial charge in [-0.3, -0.25) is 0 Å². The second-order valence-electron chi connectivity index (χ2n) is 2.74. The van der Waals surface area contributed by atoms with E-state index >= 15 is 0 Å². The SMILES string of the molecule is O=C(N[SH](=O)=O)ON1CCCCC1. The average Bonchev–Trinajstić information content (AvgIpc) is 2.04. The van der Waals surface area contributed by atoms with E-state index in [9.17, 15) is 13.2 Å². The smallest absolute Gasteiger partial charge is 0.350 e. The monoisotopic (exact) mass is 208 g/mol. The molecule has 1 rings (SSSR count). The molecule has 0 unspecified atom stereocenters. The summed E-state index contributed by atoms with van der Waals surface area (Å²) in [6, 6.07) is 0. The number of carbonyl (C=O) groups is 1. The molecule has 1 saturated heterocycles. The van der Waals surface area contributed by atoms with Gasteiger partial charge in [-0.1, -0.05) is 6.42 Å². The third-order valence-electron chi connectivity index (χ3n) is 1.71. The van der Waals surface area contributed by atoms with E-state index in [-0.39, 0.29) is 0 Å². The van der Waals surface area contributed by atoms with Gasteiger partial charge in [-0.15, -0.1) is 5.06 Å². The van der Waals surface area contributed by atoms with Gasteiger partial charge in [-0.05, 0) is 12.8 Å². The predicted octanol–water partition coefficient (Wildman–Crippen LogP) is -0.360. The number of rotatable bonds is 2. The first-order chi connectivity index (χ1) is 6.18. The maximum Gasteiger partial charge on any atom is 0.439 e. The Morgan fingerprint density at radius 3 is 2.38 bits per heavy atom. The lowest BCUT2D eigenvalue weighted by molar-refractivity contribution is -0.108. The zero-order valence-corrected chi connectivity index (χ0v) is 7.96. The Hall–Kier alpha value is -0.820. The summed E-state index contributed by atoms with van der Waals surface area (Å²) in [6.45, 7) is 1.34. The van der Waals surface area contributed by atoms with Crippen molar-refractivity contribution in [3.8, 4) is 0 Å². The largest absolute Gasteiger partial charge is 0.439 e.